The van der Waals surface area contributed by atoms with Crippen LogP contribution in [0.4, 0.5) is 4.39 Å². The minimum Gasteiger partial charge on any atom is -0.436 e. The predicted octanol–water partition coefficient (Wildman–Crippen LogP) is 3.92. The Kier molecular flexibility index (Phi) is 4.16. The standard InChI is InChI=1S/C12H8BrClFNO2/c13-7-1-3-9(15)11(5-7)18-12-4-2-8(14)10(6-17)16-12/h1-5,17H,6H2. The molecule has 1 aromatic heterocycles. The Morgan fingerprint density at radius 2 is 2.11 bits per heavy atom. The third-order valence-electron chi connectivity index (χ3n) is 2.15. The Hall–Kier alpha value is -1.17. The van der Waals surface area contributed by atoms with E-state index in [-0.39, 0.29) is 23.9 Å². The van der Waals surface area contributed by atoms with Crippen LogP contribution in [-0.4, -0.2) is 10.1 Å². The van der Waals surface area contributed by atoms with Crippen LogP contribution in [0.3, 0.4) is 0 Å². The highest BCUT2D eigenvalue weighted by Crippen LogP contribution is 2.27. The summed E-state index contributed by atoms with van der Waals surface area (Å²) in [6.07, 6.45) is 0. The number of rotatable bonds is 3. The van der Waals surface area contributed by atoms with E-state index in [0.29, 0.717) is 9.50 Å². The van der Waals surface area contributed by atoms with Gasteiger partial charge in [0, 0.05) is 10.5 Å². The quantitative estimate of drug-likeness (QED) is 0.926. The van der Waals surface area contributed by atoms with E-state index in [1.165, 1.54) is 24.3 Å². The molecular weight excluding hydrogens is 324 g/mol. The third-order valence-corrected chi connectivity index (χ3v) is 2.99. The lowest BCUT2D eigenvalue weighted by Gasteiger charge is -2.08. The molecule has 0 bridgehead atoms. The third kappa shape index (κ3) is 2.98. The lowest BCUT2D eigenvalue weighted by Crippen LogP contribution is -1.95. The van der Waals surface area contributed by atoms with Gasteiger partial charge in [-0.3, -0.25) is 0 Å². The zero-order valence-corrected chi connectivity index (χ0v) is 11.4. The van der Waals surface area contributed by atoms with Gasteiger partial charge in [0.05, 0.1) is 17.3 Å². The molecule has 0 aliphatic carbocycles. The summed E-state index contributed by atoms with van der Waals surface area (Å²) >= 11 is 9.02. The van der Waals surface area contributed by atoms with Crippen molar-refractivity contribution < 1.29 is 14.2 Å². The molecule has 3 nitrogen and oxygen atoms in total. The summed E-state index contributed by atoms with van der Waals surface area (Å²) in [5.41, 5.74) is 0.282. The van der Waals surface area contributed by atoms with Crippen molar-refractivity contribution in [3.63, 3.8) is 0 Å². The van der Waals surface area contributed by atoms with Crippen LogP contribution in [0.25, 0.3) is 0 Å². The van der Waals surface area contributed by atoms with Gasteiger partial charge >= 0.3 is 0 Å². The first-order chi connectivity index (χ1) is 8.60. The molecule has 1 aromatic carbocycles. The Morgan fingerprint density at radius 1 is 1.33 bits per heavy atom. The number of aliphatic hydroxyl groups is 1. The van der Waals surface area contributed by atoms with Crippen molar-refractivity contribution in [2.45, 2.75) is 6.61 Å². The SMILES string of the molecule is OCc1nc(Oc2cc(Br)ccc2F)ccc1Cl. The molecule has 0 spiro atoms. The lowest BCUT2D eigenvalue weighted by atomic mass is 10.3. The van der Waals surface area contributed by atoms with Crippen LogP contribution in [0.1, 0.15) is 5.69 Å². The van der Waals surface area contributed by atoms with Gasteiger partial charge < -0.3 is 9.84 Å². The molecule has 0 aliphatic heterocycles. The first-order valence-electron chi connectivity index (χ1n) is 4.99. The van der Waals surface area contributed by atoms with E-state index in [4.69, 9.17) is 21.4 Å². The van der Waals surface area contributed by atoms with Crippen LogP contribution in [-0.2, 0) is 6.61 Å². The van der Waals surface area contributed by atoms with E-state index in [0.717, 1.165) is 0 Å². The molecule has 0 unspecified atom stereocenters. The first-order valence-corrected chi connectivity index (χ1v) is 6.16. The predicted molar refractivity (Wildman–Crippen MR) is 69.3 cm³/mol. The number of hydrogen-bond acceptors (Lipinski definition) is 3. The fourth-order valence-electron chi connectivity index (χ4n) is 1.30. The number of ether oxygens (including phenoxy) is 1. The summed E-state index contributed by atoms with van der Waals surface area (Å²) in [5, 5.41) is 9.36. The Bertz CT molecular complexity index is 580. The summed E-state index contributed by atoms with van der Waals surface area (Å²) in [6, 6.07) is 7.37. The summed E-state index contributed by atoms with van der Waals surface area (Å²) in [5.74, 6) is -0.288. The molecule has 18 heavy (non-hydrogen) atoms. The topological polar surface area (TPSA) is 42.4 Å². The van der Waals surface area contributed by atoms with Gasteiger partial charge in [0.15, 0.2) is 11.6 Å². The summed E-state index contributed by atoms with van der Waals surface area (Å²) < 4.78 is 19.5. The van der Waals surface area contributed by atoms with Crippen LogP contribution < -0.4 is 4.74 Å². The highest BCUT2D eigenvalue weighted by Gasteiger charge is 2.08. The molecule has 1 N–H and O–H groups in total. The molecule has 0 amide bonds. The van der Waals surface area contributed by atoms with Crippen LogP contribution in [0.5, 0.6) is 11.6 Å². The molecule has 94 valence electrons. The zero-order chi connectivity index (χ0) is 13.1. The highest BCUT2D eigenvalue weighted by molar-refractivity contribution is 9.10. The van der Waals surface area contributed by atoms with Crippen molar-refractivity contribution in [1.29, 1.82) is 0 Å². The number of aliphatic hydroxyl groups excluding tert-OH is 1. The van der Waals surface area contributed by atoms with E-state index < -0.39 is 5.82 Å². The van der Waals surface area contributed by atoms with Crippen molar-refractivity contribution in [3.8, 4) is 11.6 Å². The van der Waals surface area contributed by atoms with Crippen molar-refractivity contribution in [3.05, 3.63) is 51.3 Å². The lowest BCUT2D eigenvalue weighted by molar-refractivity contribution is 0.275. The number of pyridine rings is 1. The Morgan fingerprint density at radius 3 is 2.83 bits per heavy atom. The molecule has 0 aliphatic rings. The number of halogens is 3. The summed E-state index contributed by atoms with van der Waals surface area (Å²) in [4.78, 5) is 3.97. The maximum absolute atomic E-state index is 13.5. The smallest absolute Gasteiger partial charge is 0.219 e. The van der Waals surface area contributed by atoms with E-state index in [1.807, 2.05) is 0 Å². The maximum atomic E-state index is 13.5. The molecule has 2 aromatic rings. The minimum atomic E-state index is -0.500. The van der Waals surface area contributed by atoms with Crippen molar-refractivity contribution in [2.24, 2.45) is 0 Å². The number of aromatic nitrogens is 1. The molecule has 0 saturated carbocycles. The van der Waals surface area contributed by atoms with Crippen molar-refractivity contribution in [2.75, 3.05) is 0 Å². The van der Waals surface area contributed by atoms with Crippen molar-refractivity contribution >= 4 is 27.5 Å². The van der Waals surface area contributed by atoms with Crippen molar-refractivity contribution in [1.82, 2.24) is 4.98 Å². The van der Waals surface area contributed by atoms with Gasteiger partial charge in [-0.15, -0.1) is 0 Å². The fourth-order valence-corrected chi connectivity index (χ4v) is 1.81. The second kappa shape index (κ2) is 5.65. The van der Waals surface area contributed by atoms with E-state index >= 15 is 0 Å². The second-order valence-corrected chi connectivity index (χ2v) is 4.74. The minimum absolute atomic E-state index is 0.0445. The van der Waals surface area contributed by atoms with Crippen LogP contribution in [0.2, 0.25) is 5.02 Å². The monoisotopic (exact) mass is 331 g/mol. The van der Waals surface area contributed by atoms with Crippen LogP contribution in [0.15, 0.2) is 34.8 Å². The Balaban J connectivity index is 2.31. The molecule has 0 atom stereocenters. The van der Waals surface area contributed by atoms with Gasteiger partial charge in [-0.1, -0.05) is 27.5 Å². The van der Waals surface area contributed by atoms with Crippen LogP contribution in [0, 0.1) is 5.82 Å². The molecular formula is C12H8BrClFNO2. The second-order valence-electron chi connectivity index (χ2n) is 3.41. The largest absolute Gasteiger partial charge is 0.436 e. The van der Waals surface area contributed by atoms with Gasteiger partial charge in [-0.05, 0) is 24.3 Å². The number of benzene rings is 1. The van der Waals surface area contributed by atoms with E-state index in [9.17, 15) is 4.39 Å². The van der Waals surface area contributed by atoms with E-state index in [1.54, 1.807) is 6.07 Å². The average molecular weight is 333 g/mol. The van der Waals surface area contributed by atoms with Gasteiger partial charge in [-0.2, -0.15) is 0 Å². The molecule has 2 rings (SSSR count). The maximum Gasteiger partial charge on any atom is 0.219 e. The molecule has 0 saturated heterocycles. The molecule has 0 radical (unpaired) electrons. The van der Waals surface area contributed by atoms with Gasteiger partial charge in [0.2, 0.25) is 5.88 Å². The van der Waals surface area contributed by atoms with Gasteiger partial charge in [-0.25, -0.2) is 9.37 Å². The molecule has 1 heterocycles. The highest BCUT2D eigenvalue weighted by atomic mass is 79.9. The van der Waals surface area contributed by atoms with E-state index in [2.05, 4.69) is 20.9 Å². The first kappa shape index (κ1) is 13.3. The molecule has 6 heteroatoms. The normalized spacial score (nSPS) is 10.4. The average Bonchev–Trinajstić information content (AvgIpc) is 2.36. The van der Waals surface area contributed by atoms with Gasteiger partial charge in [0.1, 0.15) is 0 Å². The summed E-state index contributed by atoms with van der Waals surface area (Å²) in [7, 11) is 0. The number of nitrogens with zero attached hydrogens (tertiary/aromatic N) is 1. The Labute approximate surface area is 116 Å². The zero-order valence-electron chi connectivity index (χ0n) is 9.03. The number of hydrogen-bond donors (Lipinski definition) is 1. The van der Waals surface area contributed by atoms with Gasteiger partial charge in [0.25, 0.3) is 0 Å². The molecule has 0 fully saturated rings. The summed E-state index contributed by atoms with van der Waals surface area (Å²) in [6.45, 7) is -0.309. The fraction of sp³-hybridized carbons (Fsp3) is 0.0833. The van der Waals surface area contributed by atoms with Crippen LogP contribution >= 0.6 is 27.5 Å².